The van der Waals surface area contributed by atoms with Crippen molar-refractivity contribution in [3.8, 4) is 11.6 Å². The highest BCUT2D eigenvalue weighted by Crippen LogP contribution is 2.10. The molecule has 0 saturated heterocycles. The molecule has 0 aliphatic rings. The first-order valence-corrected chi connectivity index (χ1v) is 5.47. The maximum Gasteiger partial charge on any atom is 0.343 e. The minimum Gasteiger partial charge on any atom is -0.495 e. The van der Waals surface area contributed by atoms with Crippen molar-refractivity contribution in [3.63, 3.8) is 0 Å². The van der Waals surface area contributed by atoms with E-state index >= 15 is 0 Å². The van der Waals surface area contributed by atoms with E-state index in [1.165, 1.54) is 37.2 Å². The Morgan fingerprint density at radius 1 is 1.26 bits per heavy atom. The number of esters is 1. The molecule has 2 rings (SSSR count). The maximum atomic E-state index is 12.1. The van der Waals surface area contributed by atoms with Gasteiger partial charge in [0.05, 0.1) is 20.4 Å². The molecule has 0 N–H and O–H groups in total. The molecule has 0 amide bonds. The molecule has 6 nitrogen and oxygen atoms in total. The van der Waals surface area contributed by atoms with Gasteiger partial charge in [-0.05, 0) is 24.3 Å². The van der Waals surface area contributed by atoms with Gasteiger partial charge in [-0.15, -0.1) is 0 Å². The quantitative estimate of drug-likeness (QED) is 0.771. The van der Waals surface area contributed by atoms with Gasteiger partial charge in [-0.2, -0.15) is 0 Å². The summed E-state index contributed by atoms with van der Waals surface area (Å²) in [5, 5.41) is 0. The fourth-order valence-corrected chi connectivity index (χ4v) is 1.58. The number of ether oxygens (including phenoxy) is 2. The highest BCUT2D eigenvalue weighted by atomic mass is 16.5. The van der Waals surface area contributed by atoms with Crippen molar-refractivity contribution in [2.45, 2.75) is 0 Å². The first kappa shape index (κ1) is 12.8. The van der Waals surface area contributed by atoms with Crippen LogP contribution in [-0.4, -0.2) is 29.7 Å². The third-order valence-electron chi connectivity index (χ3n) is 2.56. The summed E-state index contributed by atoms with van der Waals surface area (Å²) in [6.07, 6.45) is 3.02. The van der Waals surface area contributed by atoms with Gasteiger partial charge in [0.1, 0.15) is 17.1 Å². The molecule has 0 fully saturated rings. The molecule has 0 radical (unpaired) electrons. The molecular formula is C13H12N2O4. The Labute approximate surface area is 109 Å². The maximum absolute atomic E-state index is 12.1. The van der Waals surface area contributed by atoms with Gasteiger partial charge in [0, 0.05) is 6.20 Å². The third kappa shape index (κ3) is 2.47. The number of rotatable bonds is 3. The van der Waals surface area contributed by atoms with Gasteiger partial charge >= 0.3 is 5.97 Å². The topological polar surface area (TPSA) is 70.4 Å². The van der Waals surface area contributed by atoms with Crippen LogP contribution >= 0.6 is 0 Å². The van der Waals surface area contributed by atoms with Crippen molar-refractivity contribution in [1.82, 2.24) is 9.55 Å². The van der Waals surface area contributed by atoms with Crippen LogP contribution in [0.1, 0.15) is 10.4 Å². The van der Waals surface area contributed by atoms with Crippen LogP contribution in [0.25, 0.3) is 5.82 Å². The van der Waals surface area contributed by atoms with Crippen LogP contribution in [0.4, 0.5) is 0 Å². The van der Waals surface area contributed by atoms with Gasteiger partial charge in [0.25, 0.3) is 5.56 Å². The highest BCUT2D eigenvalue weighted by Gasteiger charge is 2.13. The summed E-state index contributed by atoms with van der Waals surface area (Å²) < 4.78 is 10.8. The SMILES string of the molecule is COC(=O)c1cccn(-c2ccc(OC)cn2)c1=O. The number of nitrogens with zero attached hydrogens (tertiary/aromatic N) is 2. The van der Waals surface area contributed by atoms with Crippen molar-refractivity contribution in [1.29, 1.82) is 0 Å². The summed E-state index contributed by atoms with van der Waals surface area (Å²) in [5.74, 6) is 0.310. The lowest BCUT2D eigenvalue weighted by atomic mass is 10.3. The molecule has 0 spiro atoms. The minimum atomic E-state index is -0.673. The van der Waals surface area contributed by atoms with Crippen LogP contribution in [0.3, 0.4) is 0 Å². The number of pyridine rings is 2. The molecular weight excluding hydrogens is 248 g/mol. The molecule has 2 aromatic heterocycles. The van der Waals surface area contributed by atoms with Crippen molar-refractivity contribution < 1.29 is 14.3 Å². The van der Waals surface area contributed by atoms with Crippen molar-refractivity contribution in [2.24, 2.45) is 0 Å². The van der Waals surface area contributed by atoms with Crippen molar-refractivity contribution >= 4 is 5.97 Å². The second-order valence-electron chi connectivity index (χ2n) is 3.64. The molecule has 0 atom stereocenters. The fourth-order valence-electron chi connectivity index (χ4n) is 1.58. The van der Waals surface area contributed by atoms with E-state index < -0.39 is 11.5 Å². The zero-order valence-electron chi connectivity index (χ0n) is 10.5. The van der Waals surface area contributed by atoms with E-state index in [1.54, 1.807) is 18.2 Å². The predicted octanol–water partition coefficient (Wildman–Crippen LogP) is 1.03. The molecule has 6 heteroatoms. The molecule has 0 aliphatic carbocycles. The molecule has 19 heavy (non-hydrogen) atoms. The first-order valence-electron chi connectivity index (χ1n) is 5.47. The minimum absolute atomic E-state index is 0.0392. The van der Waals surface area contributed by atoms with Crippen molar-refractivity contribution in [2.75, 3.05) is 14.2 Å². The van der Waals surface area contributed by atoms with E-state index in [9.17, 15) is 9.59 Å². The molecule has 2 aromatic rings. The van der Waals surface area contributed by atoms with Gasteiger partial charge in [-0.3, -0.25) is 9.36 Å². The van der Waals surface area contributed by atoms with Crippen LogP contribution < -0.4 is 10.3 Å². The monoisotopic (exact) mass is 260 g/mol. The van der Waals surface area contributed by atoms with E-state index in [0.717, 1.165) is 0 Å². The zero-order chi connectivity index (χ0) is 13.8. The summed E-state index contributed by atoms with van der Waals surface area (Å²) in [4.78, 5) is 27.7. The summed E-state index contributed by atoms with van der Waals surface area (Å²) in [6.45, 7) is 0. The lowest BCUT2D eigenvalue weighted by Crippen LogP contribution is -2.25. The average molecular weight is 260 g/mol. The zero-order valence-corrected chi connectivity index (χ0v) is 10.5. The number of hydrogen-bond acceptors (Lipinski definition) is 5. The lowest BCUT2D eigenvalue weighted by Gasteiger charge is -2.07. The summed E-state index contributed by atoms with van der Waals surface area (Å²) in [5.41, 5.74) is -0.519. The number of carbonyl (C=O) groups excluding carboxylic acids is 1. The Morgan fingerprint density at radius 2 is 2.05 bits per heavy atom. The second kappa shape index (κ2) is 5.34. The van der Waals surface area contributed by atoms with Crippen LogP contribution in [0.2, 0.25) is 0 Å². The van der Waals surface area contributed by atoms with Crippen molar-refractivity contribution in [3.05, 3.63) is 52.6 Å². The number of methoxy groups -OCH3 is 2. The molecule has 0 bridgehead atoms. The average Bonchev–Trinajstić information content (AvgIpc) is 2.47. The Bertz CT molecular complexity index is 646. The first-order chi connectivity index (χ1) is 9.17. The Balaban J connectivity index is 2.50. The fraction of sp³-hybridized carbons (Fsp3) is 0.154. The largest absolute Gasteiger partial charge is 0.495 e. The molecule has 0 unspecified atom stereocenters. The second-order valence-corrected chi connectivity index (χ2v) is 3.64. The van der Waals surface area contributed by atoms with Gasteiger partial charge in [0.2, 0.25) is 0 Å². The van der Waals surface area contributed by atoms with E-state index in [1.807, 2.05) is 0 Å². The van der Waals surface area contributed by atoms with Crippen LogP contribution in [0.5, 0.6) is 5.75 Å². The van der Waals surface area contributed by atoms with Crippen LogP contribution in [0.15, 0.2) is 41.5 Å². The molecule has 0 saturated carbocycles. The molecule has 0 aromatic carbocycles. The van der Waals surface area contributed by atoms with Gasteiger partial charge < -0.3 is 9.47 Å². The summed E-state index contributed by atoms with van der Waals surface area (Å²) in [6, 6.07) is 6.30. The molecule has 98 valence electrons. The standard InChI is InChI=1S/C13H12N2O4/c1-18-9-5-6-11(14-8-9)15-7-3-4-10(12(15)16)13(17)19-2/h3-8H,1-2H3. The van der Waals surface area contributed by atoms with E-state index in [2.05, 4.69) is 9.72 Å². The summed E-state index contributed by atoms with van der Waals surface area (Å²) in [7, 11) is 2.76. The normalized spacial score (nSPS) is 10.0. The van der Waals surface area contributed by atoms with Crippen LogP contribution in [0, 0.1) is 0 Å². The highest BCUT2D eigenvalue weighted by molar-refractivity contribution is 5.88. The lowest BCUT2D eigenvalue weighted by molar-refractivity contribution is 0.0598. The van der Waals surface area contributed by atoms with E-state index in [-0.39, 0.29) is 5.56 Å². The molecule has 2 heterocycles. The van der Waals surface area contributed by atoms with Crippen LogP contribution in [-0.2, 0) is 4.74 Å². The molecule has 0 aliphatic heterocycles. The summed E-state index contributed by atoms with van der Waals surface area (Å²) >= 11 is 0. The Hall–Kier alpha value is -2.63. The third-order valence-corrected chi connectivity index (χ3v) is 2.56. The van der Waals surface area contributed by atoms with Gasteiger partial charge in [0.15, 0.2) is 0 Å². The smallest absolute Gasteiger partial charge is 0.343 e. The predicted molar refractivity (Wildman–Crippen MR) is 67.7 cm³/mol. The van der Waals surface area contributed by atoms with E-state index in [4.69, 9.17) is 4.74 Å². The van der Waals surface area contributed by atoms with Gasteiger partial charge in [-0.1, -0.05) is 0 Å². The van der Waals surface area contributed by atoms with Gasteiger partial charge in [-0.25, -0.2) is 9.78 Å². The number of aromatic nitrogens is 2. The number of carbonyl (C=O) groups is 1. The van der Waals surface area contributed by atoms with E-state index in [0.29, 0.717) is 11.6 Å². The Kier molecular flexibility index (Phi) is 3.61. The Morgan fingerprint density at radius 3 is 2.63 bits per heavy atom. The number of hydrogen-bond donors (Lipinski definition) is 0.